The Kier molecular flexibility index (Phi) is 5.51. The van der Waals surface area contributed by atoms with Crippen LogP contribution in [0.15, 0.2) is 67.3 Å². The highest BCUT2D eigenvalue weighted by molar-refractivity contribution is 8.41. The lowest BCUT2D eigenvalue weighted by molar-refractivity contribution is 0.0735. The van der Waals surface area contributed by atoms with Crippen LogP contribution in [0.25, 0.3) is 6.08 Å². The van der Waals surface area contributed by atoms with Gasteiger partial charge in [0.15, 0.2) is 0 Å². The summed E-state index contributed by atoms with van der Waals surface area (Å²) >= 11 is 7.64. The minimum absolute atomic E-state index is 0.334. The molecule has 0 bridgehead atoms. The van der Waals surface area contributed by atoms with Crippen LogP contribution in [0.2, 0.25) is 0 Å². The van der Waals surface area contributed by atoms with Crippen LogP contribution < -0.4 is 4.74 Å². The Hall–Kier alpha value is -1.21. The molecule has 25 heavy (non-hydrogen) atoms. The van der Waals surface area contributed by atoms with Crippen molar-refractivity contribution in [1.29, 1.82) is 0 Å². The predicted octanol–water partition coefficient (Wildman–Crippen LogP) is 6.29. The molecule has 0 fully saturated rings. The van der Waals surface area contributed by atoms with E-state index in [2.05, 4.69) is 6.08 Å². The SMILES string of the molecule is O=C(Oc1ccc(C=C2SC3=C(SCCS3)S2)cc1)c1ccccc1. The topological polar surface area (TPSA) is 26.3 Å². The third kappa shape index (κ3) is 4.31. The number of benzene rings is 2. The second kappa shape index (κ2) is 7.99. The van der Waals surface area contributed by atoms with Crippen LogP contribution in [0.1, 0.15) is 15.9 Å². The number of carbonyl (C=O) groups excluding carboxylic acids is 1. The average molecular weight is 403 g/mol. The van der Waals surface area contributed by atoms with E-state index in [4.69, 9.17) is 4.74 Å². The Balaban J connectivity index is 1.41. The first-order chi connectivity index (χ1) is 12.3. The number of ether oxygens (including phenoxy) is 1. The van der Waals surface area contributed by atoms with Gasteiger partial charge in [-0.25, -0.2) is 4.79 Å². The third-order valence-electron chi connectivity index (χ3n) is 3.49. The van der Waals surface area contributed by atoms with Gasteiger partial charge in [-0.05, 0) is 35.9 Å². The van der Waals surface area contributed by atoms with E-state index in [1.807, 2.05) is 89.5 Å². The first-order valence-corrected chi connectivity index (χ1v) is 11.3. The fraction of sp³-hybridized carbons (Fsp3) is 0.105. The van der Waals surface area contributed by atoms with Crippen LogP contribution in [-0.2, 0) is 0 Å². The van der Waals surface area contributed by atoms with Gasteiger partial charge in [-0.15, -0.1) is 23.5 Å². The molecule has 0 aromatic heterocycles. The summed E-state index contributed by atoms with van der Waals surface area (Å²) in [6.45, 7) is 0. The number of hydrogen-bond donors (Lipinski definition) is 0. The molecule has 0 radical (unpaired) electrons. The second-order valence-electron chi connectivity index (χ2n) is 5.26. The highest BCUT2D eigenvalue weighted by Crippen LogP contribution is 2.59. The Bertz CT molecular complexity index is 821. The molecule has 0 N–H and O–H groups in total. The molecular weight excluding hydrogens is 388 g/mol. The van der Waals surface area contributed by atoms with Gasteiger partial charge >= 0.3 is 5.97 Å². The normalized spacial score (nSPS) is 16.6. The lowest BCUT2D eigenvalue weighted by atomic mass is 10.2. The van der Waals surface area contributed by atoms with Crippen molar-refractivity contribution in [2.75, 3.05) is 11.5 Å². The van der Waals surface area contributed by atoms with Gasteiger partial charge in [-0.3, -0.25) is 0 Å². The van der Waals surface area contributed by atoms with Gasteiger partial charge in [0.2, 0.25) is 0 Å². The molecule has 0 saturated heterocycles. The number of esters is 1. The summed E-state index contributed by atoms with van der Waals surface area (Å²) in [5, 5.41) is 0. The number of thioether (sulfide) groups is 4. The lowest BCUT2D eigenvalue weighted by Crippen LogP contribution is -2.07. The fourth-order valence-electron chi connectivity index (χ4n) is 2.30. The molecule has 126 valence electrons. The van der Waals surface area contributed by atoms with Crippen LogP contribution >= 0.6 is 47.0 Å². The molecule has 2 aliphatic heterocycles. The summed E-state index contributed by atoms with van der Waals surface area (Å²) in [6.07, 6.45) is 2.19. The van der Waals surface area contributed by atoms with E-state index in [1.54, 1.807) is 12.1 Å². The maximum atomic E-state index is 12.1. The molecule has 0 unspecified atom stereocenters. The number of hydrogen-bond acceptors (Lipinski definition) is 6. The number of carbonyl (C=O) groups is 1. The first-order valence-electron chi connectivity index (χ1n) is 7.72. The van der Waals surface area contributed by atoms with E-state index >= 15 is 0 Å². The van der Waals surface area contributed by atoms with Gasteiger partial charge in [0.25, 0.3) is 0 Å². The highest BCUT2D eigenvalue weighted by atomic mass is 32.3. The number of rotatable bonds is 3. The van der Waals surface area contributed by atoms with Crippen molar-refractivity contribution in [3.8, 4) is 5.75 Å². The minimum Gasteiger partial charge on any atom is -0.423 e. The molecule has 2 heterocycles. The van der Waals surface area contributed by atoms with Gasteiger partial charge in [-0.2, -0.15) is 0 Å². The molecule has 2 aromatic carbocycles. The maximum absolute atomic E-state index is 12.1. The van der Waals surface area contributed by atoms with Crippen molar-refractivity contribution in [1.82, 2.24) is 0 Å². The fourth-order valence-corrected chi connectivity index (χ4v) is 8.20. The standard InChI is InChI=1S/C19H14O2S4/c20-17(14-4-2-1-3-5-14)21-15-8-6-13(7-9-15)12-16-24-18-19(25-16)23-11-10-22-18/h1-9,12H,10-11H2. The quantitative estimate of drug-likeness (QED) is 0.442. The average Bonchev–Trinajstić information content (AvgIpc) is 3.06. The van der Waals surface area contributed by atoms with Crippen molar-refractivity contribution < 1.29 is 9.53 Å². The van der Waals surface area contributed by atoms with Crippen LogP contribution in [0.3, 0.4) is 0 Å². The van der Waals surface area contributed by atoms with Crippen molar-refractivity contribution in [2.45, 2.75) is 0 Å². The van der Waals surface area contributed by atoms with E-state index in [-0.39, 0.29) is 5.97 Å². The van der Waals surface area contributed by atoms with Crippen LogP contribution in [0, 0.1) is 0 Å². The molecule has 2 aliphatic rings. The van der Waals surface area contributed by atoms with Crippen molar-refractivity contribution in [2.24, 2.45) is 0 Å². The molecule has 6 heteroatoms. The zero-order valence-corrected chi connectivity index (χ0v) is 16.4. The molecule has 2 nitrogen and oxygen atoms in total. The summed E-state index contributed by atoms with van der Waals surface area (Å²) in [5.74, 6) is 2.63. The summed E-state index contributed by atoms with van der Waals surface area (Å²) in [4.78, 5) is 12.1. The van der Waals surface area contributed by atoms with E-state index in [1.165, 1.54) is 24.2 Å². The first kappa shape index (κ1) is 17.2. The molecule has 0 saturated carbocycles. The minimum atomic E-state index is -0.334. The highest BCUT2D eigenvalue weighted by Gasteiger charge is 2.24. The molecule has 0 spiro atoms. The zero-order valence-electron chi connectivity index (χ0n) is 13.1. The van der Waals surface area contributed by atoms with Crippen LogP contribution in [0.4, 0.5) is 0 Å². The van der Waals surface area contributed by atoms with Gasteiger partial charge in [0, 0.05) is 11.5 Å². The van der Waals surface area contributed by atoms with Gasteiger partial charge < -0.3 is 4.74 Å². The smallest absolute Gasteiger partial charge is 0.343 e. The Morgan fingerprint density at radius 3 is 2.16 bits per heavy atom. The van der Waals surface area contributed by atoms with Gasteiger partial charge in [0.1, 0.15) is 5.75 Å². The van der Waals surface area contributed by atoms with Gasteiger partial charge in [0.05, 0.1) is 18.3 Å². The van der Waals surface area contributed by atoms with Crippen molar-refractivity contribution >= 4 is 59.1 Å². The third-order valence-corrected chi connectivity index (χ3v) is 9.14. The van der Waals surface area contributed by atoms with Crippen molar-refractivity contribution in [3.05, 3.63) is 78.4 Å². The monoisotopic (exact) mass is 402 g/mol. The summed E-state index contributed by atoms with van der Waals surface area (Å²) < 4.78 is 9.61. The molecule has 2 aromatic rings. The Morgan fingerprint density at radius 2 is 1.52 bits per heavy atom. The van der Waals surface area contributed by atoms with Crippen LogP contribution in [-0.4, -0.2) is 17.5 Å². The Labute approximate surface area is 163 Å². The predicted molar refractivity (Wildman–Crippen MR) is 113 cm³/mol. The zero-order chi connectivity index (χ0) is 17.1. The molecule has 0 amide bonds. The van der Waals surface area contributed by atoms with Gasteiger partial charge in [-0.1, -0.05) is 53.9 Å². The lowest BCUT2D eigenvalue weighted by Gasteiger charge is -2.08. The summed E-state index contributed by atoms with van der Waals surface area (Å²) in [6, 6.07) is 16.7. The molecular formula is C19H14O2S4. The molecule has 0 aliphatic carbocycles. The summed E-state index contributed by atoms with van der Waals surface area (Å²) in [7, 11) is 0. The second-order valence-corrected chi connectivity index (χ2v) is 10.4. The van der Waals surface area contributed by atoms with E-state index in [9.17, 15) is 4.79 Å². The molecule has 0 atom stereocenters. The largest absolute Gasteiger partial charge is 0.423 e. The van der Waals surface area contributed by atoms with Crippen LogP contribution in [0.5, 0.6) is 5.75 Å². The maximum Gasteiger partial charge on any atom is 0.343 e. The van der Waals surface area contributed by atoms with E-state index < -0.39 is 0 Å². The molecule has 4 rings (SSSR count). The summed E-state index contributed by atoms with van der Waals surface area (Å²) in [5.41, 5.74) is 1.67. The Morgan fingerprint density at radius 1 is 0.880 bits per heavy atom. The van der Waals surface area contributed by atoms with E-state index in [0.717, 1.165) is 5.56 Å². The van der Waals surface area contributed by atoms with Crippen molar-refractivity contribution in [3.63, 3.8) is 0 Å². The van der Waals surface area contributed by atoms with E-state index in [0.29, 0.717) is 11.3 Å².